The van der Waals surface area contributed by atoms with Gasteiger partial charge in [0.1, 0.15) is 5.58 Å². The van der Waals surface area contributed by atoms with E-state index in [1.165, 1.54) is 83.3 Å². The molecule has 0 bridgehead atoms. The lowest BCUT2D eigenvalue weighted by molar-refractivity contribution is 0.520. The van der Waals surface area contributed by atoms with Crippen molar-refractivity contribution in [2.24, 2.45) is 0 Å². The second kappa shape index (κ2) is 19.0. The van der Waals surface area contributed by atoms with Crippen molar-refractivity contribution >= 4 is 96.2 Å². The Morgan fingerprint density at radius 3 is 1.34 bits per heavy atom. The van der Waals surface area contributed by atoms with Crippen LogP contribution in [0.3, 0.4) is 0 Å². The monoisotopic (exact) mass is 1160 g/mol. The van der Waals surface area contributed by atoms with Gasteiger partial charge in [0.25, 0.3) is 6.71 Å². The number of furan rings is 1. The smallest absolute Gasteiger partial charge is 0.252 e. The summed E-state index contributed by atoms with van der Waals surface area (Å²) in [7, 11) is 0. The summed E-state index contributed by atoms with van der Waals surface area (Å²) in [6.45, 7) is 40.3. The number of fused-ring (bicyclic) bond motifs is 11. The fourth-order valence-electron chi connectivity index (χ4n) is 16.2. The van der Waals surface area contributed by atoms with Crippen LogP contribution in [0.15, 0.2) is 205 Å². The van der Waals surface area contributed by atoms with Crippen molar-refractivity contribution < 1.29 is 4.42 Å². The highest BCUT2D eigenvalue weighted by Gasteiger charge is 2.50. The summed E-state index contributed by atoms with van der Waals surface area (Å²) in [6, 6.07) is 77.7. The predicted molar refractivity (Wildman–Crippen MR) is 380 cm³/mol. The molecule has 0 unspecified atom stereocenters. The maximum absolute atomic E-state index is 7.17. The van der Waals surface area contributed by atoms with Gasteiger partial charge in [0.15, 0.2) is 5.58 Å². The third kappa shape index (κ3) is 8.39. The number of para-hydroxylation sites is 2. The topological polar surface area (TPSA) is 22.9 Å². The van der Waals surface area contributed by atoms with Gasteiger partial charge in [-0.2, -0.15) is 0 Å². The van der Waals surface area contributed by atoms with E-state index in [2.05, 4.69) is 333 Å². The van der Waals surface area contributed by atoms with Crippen molar-refractivity contribution in [3.63, 3.8) is 0 Å². The molecule has 89 heavy (non-hydrogen) atoms. The second-order valence-electron chi connectivity index (χ2n) is 31.5. The van der Waals surface area contributed by atoms with E-state index in [0.717, 1.165) is 67.4 Å². The zero-order valence-electron chi connectivity index (χ0n) is 55.4. The van der Waals surface area contributed by atoms with Gasteiger partial charge >= 0.3 is 0 Å². The number of anilines is 9. The summed E-state index contributed by atoms with van der Waals surface area (Å²) in [5.74, 6) is 0. The molecule has 0 saturated carbocycles. The number of hydrogen-bond donors (Lipinski definition) is 0. The first kappa shape index (κ1) is 56.9. The van der Waals surface area contributed by atoms with Crippen molar-refractivity contribution in [3.8, 4) is 0 Å². The summed E-state index contributed by atoms with van der Waals surface area (Å²) in [4.78, 5) is 7.79. The lowest BCUT2D eigenvalue weighted by atomic mass is 9.33. The van der Waals surface area contributed by atoms with Crippen LogP contribution in [-0.2, 0) is 37.9 Å². The molecule has 2 aliphatic carbocycles. The Balaban J connectivity index is 1.11. The van der Waals surface area contributed by atoms with Crippen LogP contribution in [0.5, 0.6) is 0 Å². The fraction of sp³-hybridized carbons (Fsp3) is 0.286. The highest BCUT2D eigenvalue weighted by Crippen LogP contribution is 2.57. The van der Waals surface area contributed by atoms with Crippen molar-refractivity contribution in [1.29, 1.82) is 0 Å². The van der Waals surface area contributed by atoms with Gasteiger partial charge in [-0.25, -0.2) is 0 Å². The molecule has 5 heteroatoms. The molecule has 444 valence electrons. The van der Waals surface area contributed by atoms with Gasteiger partial charge in [-0.3, -0.25) is 0 Å². The van der Waals surface area contributed by atoms with E-state index < -0.39 is 0 Å². The number of rotatable bonds is 5. The maximum atomic E-state index is 7.17. The summed E-state index contributed by atoms with van der Waals surface area (Å²) < 4.78 is 7.17. The van der Waals surface area contributed by atoms with Crippen molar-refractivity contribution in [2.75, 3.05) is 14.7 Å². The Hall–Kier alpha value is -8.54. The fourth-order valence-corrected chi connectivity index (χ4v) is 16.2. The molecule has 10 aromatic carbocycles. The van der Waals surface area contributed by atoms with E-state index in [-0.39, 0.29) is 44.6 Å². The van der Waals surface area contributed by atoms with Crippen LogP contribution in [0.4, 0.5) is 51.2 Å². The quantitative estimate of drug-likeness (QED) is 0.160. The number of benzene rings is 10. The molecule has 0 saturated heterocycles. The average molecular weight is 1160 g/mol. The van der Waals surface area contributed by atoms with Crippen molar-refractivity contribution in [1.82, 2.24) is 0 Å². The Kier molecular flexibility index (Phi) is 12.2. The first-order valence-electron chi connectivity index (χ1n) is 32.4. The number of hydrogen-bond acceptors (Lipinski definition) is 4. The van der Waals surface area contributed by atoms with Gasteiger partial charge in [0.2, 0.25) is 0 Å². The molecular formula is C84H84BN3O. The lowest BCUT2D eigenvalue weighted by Gasteiger charge is -2.49. The zero-order chi connectivity index (χ0) is 62.4. The zero-order valence-corrected chi connectivity index (χ0v) is 55.4. The molecule has 1 aromatic heterocycles. The largest absolute Gasteiger partial charge is 0.454 e. The van der Waals surface area contributed by atoms with Crippen molar-refractivity contribution in [2.45, 2.75) is 156 Å². The highest BCUT2D eigenvalue weighted by atomic mass is 16.3. The first-order chi connectivity index (χ1) is 42.1. The van der Waals surface area contributed by atoms with Crippen LogP contribution in [0.1, 0.15) is 179 Å². The third-order valence-electron chi connectivity index (χ3n) is 21.4. The Bertz CT molecular complexity index is 4680. The Morgan fingerprint density at radius 1 is 0.337 bits per heavy atom. The molecule has 0 atom stereocenters. The molecule has 0 fully saturated rings. The standard InChI is InChI=1S/C84H84BN3O/c1-78(2,3)51-33-38-54(39-34-51)86(55-40-35-52(36-41-55)79(4,5)6)57-47-73-76-74(48-57)88(71-31-24-26-59-58-25-18-23-32-75(58)89-77(59)71)70-44-37-53(80(7,8)9)45-68(70)85(76)69-49-66-67(84(16,17)63-30-22-21-29-62(63)83(66,14)15)50-72(69)87(73)56-42-43-64-65(46-56)82(12,13)61-28-20-19-27-60(61)81(64,10)11/h18-50H,1-17H3. The summed E-state index contributed by atoms with van der Waals surface area (Å²) in [6.07, 6.45) is 0. The summed E-state index contributed by atoms with van der Waals surface area (Å²) in [5.41, 5.74) is 29.4. The van der Waals surface area contributed by atoms with E-state index >= 15 is 0 Å². The SMILES string of the molecule is CC(C)(C)c1ccc(N(c2ccc(C(C)(C)C)cc2)c2cc3c4c(c2)N(c2cccc5c2oc2ccccc25)c2ccc(C(C)(C)C)cc2B4c2cc4c(cc2N3c2ccc3c(c2)C(C)(C)c2ccccc2C3(C)C)C(C)(C)c2ccccc2C4(C)C)cc1. The van der Waals surface area contributed by atoms with Crippen LogP contribution in [0, 0.1) is 0 Å². The van der Waals surface area contributed by atoms with Crippen LogP contribution in [0.2, 0.25) is 0 Å². The van der Waals surface area contributed by atoms with Gasteiger partial charge in [-0.1, -0.05) is 245 Å². The molecule has 4 nitrogen and oxygen atoms in total. The van der Waals surface area contributed by atoms with E-state index in [1.807, 2.05) is 0 Å². The van der Waals surface area contributed by atoms with E-state index in [1.54, 1.807) is 0 Å². The minimum atomic E-state index is -0.303. The summed E-state index contributed by atoms with van der Waals surface area (Å²) >= 11 is 0. The van der Waals surface area contributed by atoms with Crippen LogP contribution >= 0.6 is 0 Å². The van der Waals surface area contributed by atoms with E-state index in [0.29, 0.717) is 0 Å². The molecule has 0 N–H and O–H groups in total. The third-order valence-corrected chi connectivity index (χ3v) is 21.4. The van der Waals surface area contributed by atoms with Crippen LogP contribution in [-0.4, -0.2) is 6.71 Å². The Morgan fingerprint density at radius 2 is 0.787 bits per heavy atom. The Labute approximate surface area is 529 Å². The van der Waals surface area contributed by atoms with Crippen LogP contribution < -0.4 is 31.1 Å². The molecular weight excluding hydrogens is 1080 g/mol. The predicted octanol–water partition coefficient (Wildman–Crippen LogP) is 21.0. The molecule has 2 aliphatic heterocycles. The molecule has 15 rings (SSSR count). The second-order valence-corrected chi connectivity index (χ2v) is 31.5. The lowest BCUT2D eigenvalue weighted by Crippen LogP contribution is -2.62. The molecule has 0 amide bonds. The van der Waals surface area contributed by atoms with Gasteiger partial charge in [-0.05, 0) is 167 Å². The molecule has 0 radical (unpaired) electrons. The van der Waals surface area contributed by atoms with Gasteiger partial charge in [0.05, 0.1) is 11.4 Å². The van der Waals surface area contributed by atoms with E-state index in [9.17, 15) is 0 Å². The average Bonchev–Trinajstić information content (AvgIpc) is 0.785. The molecule has 4 aliphatic rings. The first-order valence-corrected chi connectivity index (χ1v) is 32.4. The minimum Gasteiger partial charge on any atom is -0.454 e. The maximum Gasteiger partial charge on any atom is 0.252 e. The molecule has 3 heterocycles. The molecule has 0 spiro atoms. The van der Waals surface area contributed by atoms with Crippen molar-refractivity contribution in [3.05, 3.63) is 261 Å². The highest BCUT2D eigenvalue weighted by molar-refractivity contribution is 7.00. The summed E-state index contributed by atoms with van der Waals surface area (Å²) in [5, 5.41) is 2.21. The normalized spacial score (nSPS) is 16.4. The number of nitrogens with zero attached hydrogens (tertiary/aromatic N) is 3. The van der Waals surface area contributed by atoms with Crippen LogP contribution in [0.25, 0.3) is 21.9 Å². The van der Waals surface area contributed by atoms with E-state index in [4.69, 9.17) is 4.42 Å². The molecule has 11 aromatic rings. The minimum absolute atomic E-state index is 0.0270. The van der Waals surface area contributed by atoms with Gasteiger partial charge in [0, 0.05) is 72.2 Å². The van der Waals surface area contributed by atoms with Gasteiger partial charge < -0.3 is 19.1 Å². The van der Waals surface area contributed by atoms with Gasteiger partial charge in [-0.15, -0.1) is 0 Å².